The largest absolute Gasteiger partial charge is 0.320 e. The van der Waals surface area contributed by atoms with E-state index < -0.39 is 0 Å². The Balaban J connectivity index is 3.82. The van der Waals surface area contributed by atoms with Crippen LogP contribution in [0.15, 0.2) is 23.8 Å². The maximum Gasteiger partial charge on any atom is -0.00463 e. The molecule has 0 rings (SSSR count). The number of hydrogen-bond acceptors (Lipinski definition) is 1. The molecule has 0 amide bonds. The fraction of sp³-hybridized carbons (Fsp3) is 0.636. The molecule has 12 heavy (non-hydrogen) atoms. The van der Waals surface area contributed by atoms with E-state index in [4.69, 9.17) is 0 Å². The lowest BCUT2D eigenvalue weighted by Crippen LogP contribution is -2.11. The summed E-state index contributed by atoms with van der Waals surface area (Å²) >= 11 is 0. The summed E-state index contributed by atoms with van der Waals surface area (Å²) < 4.78 is 0. The number of rotatable bonds is 5. The van der Waals surface area contributed by atoms with E-state index in [0.29, 0.717) is 5.92 Å². The summed E-state index contributed by atoms with van der Waals surface area (Å²) in [5.74, 6) is 0.689. The van der Waals surface area contributed by atoms with Crippen molar-refractivity contribution in [1.29, 1.82) is 0 Å². The van der Waals surface area contributed by atoms with Gasteiger partial charge < -0.3 is 5.32 Å². The van der Waals surface area contributed by atoms with Crippen molar-refractivity contribution in [2.45, 2.75) is 27.2 Å². The van der Waals surface area contributed by atoms with Crippen LogP contribution in [0.3, 0.4) is 0 Å². The summed E-state index contributed by atoms with van der Waals surface area (Å²) in [7, 11) is 2.00. The van der Waals surface area contributed by atoms with Gasteiger partial charge in [-0.2, -0.15) is 0 Å². The highest BCUT2D eigenvalue weighted by Gasteiger charge is 2.01. The zero-order valence-electron chi connectivity index (χ0n) is 8.72. The smallest absolute Gasteiger partial charge is 0.00463 e. The van der Waals surface area contributed by atoms with E-state index >= 15 is 0 Å². The first-order valence-electron chi connectivity index (χ1n) is 4.66. The first-order chi connectivity index (χ1) is 5.72. The van der Waals surface area contributed by atoms with Crippen LogP contribution in [-0.2, 0) is 0 Å². The zero-order valence-corrected chi connectivity index (χ0v) is 8.72. The van der Waals surface area contributed by atoms with Crippen molar-refractivity contribution in [1.82, 2.24) is 5.32 Å². The van der Waals surface area contributed by atoms with Crippen molar-refractivity contribution in [2.75, 3.05) is 13.6 Å². The van der Waals surface area contributed by atoms with Crippen LogP contribution in [0.1, 0.15) is 27.2 Å². The van der Waals surface area contributed by atoms with E-state index in [1.165, 1.54) is 12.0 Å². The standard InChI is InChI=1S/C11H21N/c1-5-6-7-10(2)11(3)8-9-12-4/h5-7,11-12H,8-9H2,1-4H3/b6-5-,10-7+. The van der Waals surface area contributed by atoms with Crippen LogP contribution < -0.4 is 5.32 Å². The lowest BCUT2D eigenvalue weighted by Gasteiger charge is -2.10. The molecule has 0 saturated heterocycles. The third kappa shape index (κ3) is 5.14. The minimum atomic E-state index is 0.689. The predicted molar refractivity (Wildman–Crippen MR) is 56.3 cm³/mol. The Labute approximate surface area is 76.6 Å². The van der Waals surface area contributed by atoms with Gasteiger partial charge in [-0.15, -0.1) is 0 Å². The Bertz CT molecular complexity index is 156. The van der Waals surface area contributed by atoms with Crippen molar-refractivity contribution in [3.05, 3.63) is 23.8 Å². The Morgan fingerprint density at radius 1 is 1.50 bits per heavy atom. The van der Waals surface area contributed by atoms with Crippen molar-refractivity contribution >= 4 is 0 Å². The summed E-state index contributed by atoms with van der Waals surface area (Å²) in [6.45, 7) is 7.61. The summed E-state index contributed by atoms with van der Waals surface area (Å²) in [4.78, 5) is 0. The van der Waals surface area contributed by atoms with Crippen LogP contribution in [0, 0.1) is 5.92 Å². The van der Waals surface area contributed by atoms with E-state index in [0.717, 1.165) is 6.54 Å². The van der Waals surface area contributed by atoms with E-state index in [1.54, 1.807) is 0 Å². The lowest BCUT2D eigenvalue weighted by molar-refractivity contribution is 0.584. The van der Waals surface area contributed by atoms with Gasteiger partial charge in [0, 0.05) is 0 Å². The molecule has 0 bridgehead atoms. The molecule has 0 aromatic carbocycles. The highest BCUT2D eigenvalue weighted by atomic mass is 14.8. The van der Waals surface area contributed by atoms with Crippen LogP contribution in [0.25, 0.3) is 0 Å². The third-order valence-corrected chi connectivity index (χ3v) is 2.16. The molecule has 1 atom stereocenters. The molecule has 70 valence electrons. The maximum atomic E-state index is 3.16. The molecule has 0 aromatic rings. The van der Waals surface area contributed by atoms with Gasteiger partial charge in [0.05, 0.1) is 0 Å². The van der Waals surface area contributed by atoms with Crippen molar-refractivity contribution in [3.8, 4) is 0 Å². The van der Waals surface area contributed by atoms with E-state index in [2.05, 4.69) is 37.4 Å². The number of allylic oxidation sites excluding steroid dienone is 4. The maximum absolute atomic E-state index is 3.16. The average Bonchev–Trinajstić information content (AvgIpc) is 2.10. The minimum Gasteiger partial charge on any atom is -0.320 e. The molecule has 0 spiro atoms. The molecular formula is C11H21N. The van der Waals surface area contributed by atoms with E-state index in [1.807, 2.05) is 14.0 Å². The molecule has 1 unspecified atom stereocenters. The highest BCUT2D eigenvalue weighted by Crippen LogP contribution is 2.12. The van der Waals surface area contributed by atoms with Crippen LogP contribution in [0.5, 0.6) is 0 Å². The van der Waals surface area contributed by atoms with Crippen LogP contribution in [0.2, 0.25) is 0 Å². The van der Waals surface area contributed by atoms with E-state index in [9.17, 15) is 0 Å². The van der Waals surface area contributed by atoms with Gasteiger partial charge in [0.1, 0.15) is 0 Å². The molecule has 1 nitrogen and oxygen atoms in total. The molecule has 0 aliphatic rings. The SMILES string of the molecule is C/C=C\C=C(/C)C(C)CCNC. The molecule has 0 aliphatic heterocycles. The number of hydrogen-bond donors (Lipinski definition) is 1. The molecule has 0 fully saturated rings. The molecule has 0 aromatic heterocycles. The van der Waals surface area contributed by atoms with Crippen LogP contribution in [-0.4, -0.2) is 13.6 Å². The Morgan fingerprint density at radius 2 is 2.17 bits per heavy atom. The van der Waals surface area contributed by atoms with Gasteiger partial charge in [-0.3, -0.25) is 0 Å². The number of nitrogens with one attached hydrogen (secondary N) is 1. The second-order valence-corrected chi connectivity index (χ2v) is 3.23. The Morgan fingerprint density at radius 3 is 2.67 bits per heavy atom. The minimum absolute atomic E-state index is 0.689. The van der Waals surface area contributed by atoms with Gasteiger partial charge in [0.25, 0.3) is 0 Å². The first kappa shape index (κ1) is 11.4. The van der Waals surface area contributed by atoms with Gasteiger partial charge in [-0.05, 0) is 39.8 Å². The quantitative estimate of drug-likeness (QED) is 0.621. The Hall–Kier alpha value is -0.560. The molecule has 0 saturated carbocycles. The van der Waals surface area contributed by atoms with Gasteiger partial charge in [-0.1, -0.05) is 30.7 Å². The summed E-state index contributed by atoms with van der Waals surface area (Å²) in [6.07, 6.45) is 7.58. The summed E-state index contributed by atoms with van der Waals surface area (Å²) in [6, 6.07) is 0. The van der Waals surface area contributed by atoms with Gasteiger partial charge in [-0.25, -0.2) is 0 Å². The lowest BCUT2D eigenvalue weighted by atomic mass is 9.99. The highest BCUT2D eigenvalue weighted by molar-refractivity contribution is 5.11. The van der Waals surface area contributed by atoms with Crippen molar-refractivity contribution in [3.63, 3.8) is 0 Å². The fourth-order valence-electron chi connectivity index (χ4n) is 1.00. The topological polar surface area (TPSA) is 12.0 Å². The second kappa shape index (κ2) is 7.11. The van der Waals surface area contributed by atoms with Gasteiger partial charge in [0.2, 0.25) is 0 Å². The van der Waals surface area contributed by atoms with Crippen molar-refractivity contribution in [2.24, 2.45) is 5.92 Å². The monoisotopic (exact) mass is 167 g/mol. The molecule has 0 radical (unpaired) electrons. The van der Waals surface area contributed by atoms with Gasteiger partial charge >= 0.3 is 0 Å². The average molecular weight is 167 g/mol. The van der Waals surface area contributed by atoms with Gasteiger partial charge in [0.15, 0.2) is 0 Å². The third-order valence-electron chi connectivity index (χ3n) is 2.16. The van der Waals surface area contributed by atoms with Crippen LogP contribution >= 0.6 is 0 Å². The zero-order chi connectivity index (χ0) is 9.40. The first-order valence-corrected chi connectivity index (χ1v) is 4.66. The summed E-state index contributed by atoms with van der Waals surface area (Å²) in [5, 5.41) is 3.16. The van der Waals surface area contributed by atoms with E-state index in [-0.39, 0.29) is 0 Å². The molecule has 0 heterocycles. The fourth-order valence-corrected chi connectivity index (χ4v) is 1.00. The van der Waals surface area contributed by atoms with Crippen LogP contribution in [0.4, 0.5) is 0 Å². The molecule has 0 aliphatic carbocycles. The molecule has 1 heteroatoms. The predicted octanol–water partition coefficient (Wildman–Crippen LogP) is 2.75. The summed E-state index contributed by atoms with van der Waals surface area (Å²) in [5.41, 5.74) is 1.46. The van der Waals surface area contributed by atoms with Crippen molar-refractivity contribution < 1.29 is 0 Å². The normalized spacial score (nSPS) is 15.5. The second-order valence-electron chi connectivity index (χ2n) is 3.23. The molecule has 1 N–H and O–H groups in total. The Kier molecular flexibility index (Phi) is 6.78. The molecular weight excluding hydrogens is 146 g/mol.